The van der Waals surface area contributed by atoms with E-state index in [1.807, 2.05) is 18.2 Å². The first kappa shape index (κ1) is 12.4. The van der Waals surface area contributed by atoms with Crippen molar-refractivity contribution in [2.45, 2.75) is 6.42 Å². The summed E-state index contributed by atoms with van der Waals surface area (Å²) in [4.78, 5) is 0. The van der Waals surface area contributed by atoms with Crippen LogP contribution in [0, 0.1) is 5.82 Å². The average molecular weight is 247 g/mol. The van der Waals surface area contributed by atoms with Crippen molar-refractivity contribution in [2.24, 2.45) is 0 Å². The number of ether oxygens (including phenoxy) is 1. The molecule has 94 valence electrons. The summed E-state index contributed by atoms with van der Waals surface area (Å²) in [5, 5.41) is 8.97. The molecule has 3 N–H and O–H groups in total. The Labute approximate surface area is 105 Å². The molecule has 0 amide bonds. The monoisotopic (exact) mass is 247 g/mol. The zero-order valence-electron chi connectivity index (χ0n) is 9.77. The predicted molar refractivity (Wildman–Crippen MR) is 68.1 cm³/mol. The molecule has 0 unspecified atom stereocenters. The van der Waals surface area contributed by atoms with Gasteiger partial charge in [-0.05, 0) is 30.2 Å². The minimum Gasteiger partial charge on any atom is -0.455 e. The largest absolute Gasteiger partial charge is 0.455 e. The highest BCUT2D eigenvalue weighted by atomic mass is 19.1. The molecule has 0 atom stereocenters. The van der Waals surface area contributed by atoms with Gasteiger partial charge in [-0.25, -0.2) is 4.39 Å². The van der Waals surface area contributed by atoms with Crippen LogP contribution in [0.2, 0.25) is 0 Å². The Hall–Kier alpha value is -2.07. The van der Waals surface area contributed by atoms with Gasteiger partial charge in [0.2, 0.25) is 0 Å². The normalized spacial score (nSPS) is 10.3. The van der Waals surface area contributed by atoms with Crippen LogP contribution in [0.3, 0.4) is 0 Å². The van der Waals surface area contributed by atoms with Gasteiger partial charge < -0.3 is 15.6 Å². The second-order valence-electron chi connectivity index (χ2n) is 3.87. The number of halogens is 1. The number of benzene rings is 2. The number of nitrogen functional groups attached to an aromatic ring is 1. The highest BCUT2D eigenvalue weighted by Gasteiger charge is 2.07. The van der Waals surface area contributed by atoms with Crippen LogP contribution in [0.1, 0.15) is 5.56 Å². The zero-order valence-corrected chi connectivity index (χ0v) is 9.77. The Morgan fingerprint density at radius 1 is 1.11 bits per heavy atom. The molecule has 0 saturated carbocycles. The lowest BCUT2D eigenvalue weighted by molar-refractivity contribution is 0.298. The Kier molecular flexibility index (Phi) is 3.79. The fourth-order valence-corrected chi connectivity index (χ4v) is 1.66. The van der Waals surface area contributed by atoms with Gasteiger partial charge in [-0.15, -0.1) is 0 Å². The van der Waals surface area contributed by atoms with Crippen molar-refractivity contribution in [3.05, 3.63) is 53.8 Å². The van der Waals surface area contributed by atoms with E-state index in [0.29, 0.717) is 17.9 Å². The summed E-state index contributed by atoms with van der Waals surface area (Å²) in [7, 11) is 0. The Morgan fingerprint density at radius 3 is 2.61 bits per heavy atom. The molecular formula is C14H14FNO2. The maximum Gasteiger partial charge on any atom is 0.150 e. The molecule has 0 aliphatic rings. The van der Waals surface area contributed by atoms with Crippen LogP contribution in [0.5, 0.6) is 11.5 Å². The molecule has 18 heavy (non-hydrogen) atoms. The summed E-state index contributed by atoms with van der Waals surface area (Å²) >= 11 is 0. The minimum atomic E-state index is -0.400. The molecule has 0 spiro atoms. The van der Waals surface area contributed by atoms with Crippen LogP contribution in [-0.2, 0) is 6.42 Å². The quantitative estimate of drug-likeness (QED) is 0.817. The fourth-order valence-electron chi connectivity index (χ4n) is 1.66. The van der Waals surface area contributed by atoms with Gasteiger partial charge in [0, 0.05) is 12.7 Å². The number of nitrogens with two attached hydrogens (primary N) is 1. The zero-order chi connectivity index (χ0) is 13.0. The lowest BCUT2D eigenvalue weighted by atomic mass is 10.1. The number of rotatable bonds is 4. The summed E-state index contributed by atoms with van der Waals surface area (Å²) in [6, 6.07) is 11.3. The van der Waals surface area contributed by atoms with Gasteiger partial charge in [0.15, 0.2) is 5.75 Å². The van der Waals surface area contributed by atoms with E-state index in [-0.39, 0.29) is 12.3 Å². The maximum atomic E-state index is 12.9. The fraction of sp³-hybridized carbons (Fsp3) is 0.143. The van der Waals surface area contributed by atoms with Crippen LogP contribution in [-0.4, -0.2) is 11.7 Å². The van der Waals surface area contributed by atoms with Crippen molar-refractivity contribution >= 4 is 5.69 Å². The molecular weight excluding hydrogens is 233 g/mol. The van der Waals surface area contributed by atoms with Gasteiger partial charge >= 0.3 is 0 Å². The van der Waals surface area contributed by atoms with E-state index in [1.54, 1.807) is 6.07 Å². The van der Waals surface area contributed by atoms with Crippen LogP contribution in [0.25, 0.3) is 0 Å². The molecule has 0 aliphatic heterocycles. The summed E-state index contributed by atoms with van der Waals surface area (Å²) in [5.74, 6) is 0.621. The average Bonchev–Trinajstić information content (AvgIpc) is 2.35. The number of para-hydroxylation sites is 1. The van der Waals surface area contributed by atoms with Crippen LogP contribution in [0.4, 0.5) is 10.1 Å². The van der Waals surface area contributed by atoms with Gasteiger partial charge in [-0.3, -0.25) is 0 Å². The molecule has 0 fully saturated rings. The molecule has 0 heterocycles. The third kappa shape index (κ3) is 2.78. The smallest absolute Gasteiger partial charge is 0.150 e. The molecule has 3 nitrogen and oxygen atoms in total. The first-order valence-corrected chi connectivity index (χ1v) is 5.62. The summed E-state index contributed by atoms with van der Waals surface area (Å²) < 4.78 is 18.6. The Bertz CT molecular complexity index is 543. The van der Waals surface area contributed by atoms with E-state index in [0.717, 1.165) is 5.56 Å². The van der Waals surface area contributed by atoms with Crippen molar-refractivity contribution in [1.82, 2.24) is 0 Å². The Balaban J connectivity index is 2.28. The third-order valence-electron chi connectivity index (χ3n) is 2.55. The van der Waals surface area contributed by atoms with Crippen molar-refractivity contribution < 1.29 is 14.2 Å². The van der Waals surface area contributed by atoms with Gasteiger partial charge in [-0.1, -0.05) is 18.2 Å². The maximum absolute atomic E-state index is 12.9. The number of aliphatic hydroxyl groups excluding tert-OH is 1. The second-order valence-corrected chi connectivity index (χ2v) is 3.87. The number of hydrogen-bond acceptors (Lipinski definition) is 3. The van der Waals surface area contributed by atoms with Crippen LogP contribution < -0.4 is 10.5 Å². The highest BCUT2D eigenvalue weighted by Crippen LogP contribution is 2.30. The second kappa shape index (κ2) is 5.51. The predicted octanol–water partition coefficient (Wildman–Crippen LogP) is 2.74. The van der Waals surface area contributed by atoms with Crippen molar-refractivity contribution in [2.75, 3.05) is 12.3 Å². The van der Waals surface area contributed by atoms with Crippen molar-refractivity contribution in [3.8, 4) is 11.5 Å². The highest BCUT2D eigenvalue weighted by molar-refractivity contribution is 5.54. The van der Waals surface area contributed by atoms with E-state index >= 15 is 0 Å². The molecule has 0 bridgehead atoms. The molecule has 2 aromatic rings. The van der Waals surface area contributed by atoms with E-state index in [1.165, 1.54) is 18.2 Å². The van der Waals surface area contributed by atoms with Crippen molar-refractivity contribution in [1.29, 1.82) is 0 Å². The molecule has 4 heteroatoms. The molecule has 0 aliphatic carbocycles. The number of aliphatic hydroxyl groups is 1. The van der Waals surface area contributed by atoms with E-state index in [4.69, 9.17) is 15.6 Å². The topological polar surface area (TPSA) is 55.5 Å². The Morgan fingerprint density at radius 2 is 1.89 bits per heavy atom. The molecule has 0 radical (unpaired) electrons. The van der Waals surface area contributed by atoms with Gasteiger partial charge in [0.25, 0.3) is 0 Å². The van der Waals surface area contributed by atoms with Crippen LogP contribution in [0.15, 0.2) is 42.5 Å². The molecule has 0 saturated heterocycles. The minimum absolute atomic E-state index is 0.0409. The van der Waals surface area contributed by atoms with Crippen molar-refractivity contribution in [3.63, 3.8) is 0 Å². The standard InChI is InChI=1S/C14H14FNO2/c15-11-5-6-14(12(16)9-11)18-13-4-2-1-3-10(13)7-8-17/h1-6,9,17H,7-8,16H2. The number of hydrogen-bond donors (Lipinski definition) is 2. The first-order valence-electron chi connectivity index (χ1n) is 5.62. The third-order valence-corrected chi connectivity index (χ3v) is 2.55. The van der Waals surface area contributed by atoms with Gasteiger partial charge in [0.1, 0.15) is 11.6 Å². The van der Waals surface area contributed by atoms with E-state index < -0.39 is 5.82 Å². The lowest BCUT2D eigenvalue weighted by Crippen LogP contribution is -1.97. The van der Waals surface area contributed by atoms with Gasteiger partial charge in [0.05, 0.1) is 5.69 Å². The van der Waals surface area contributed by atoms with E-state index in [2.05, 4.69) is 0 Å². The molecule has 0 aromatic heterocycles. The SMILES string of the molecule is Nc1cc(F)ccc1Oc1ccccc1CCO. The molecule has 2 rings (SSSR count). The first-order chi connectivity index (χ1) is 8.70. The number of anilines is 1. The summed E-state index contributed by atoms with van der Waals surface area (Å²) in [6.07, 6.45) is 0.497. The van der Waals surface area contributed by atoms with Crippen LogP contribution >= 0.6 is 0 Å². The van der Waals surface area contributed by atoms with Gasteiger partial charge in [-0.2, -0.15) is 0 Å². The summed E-state index contributed by atoms with van der Waals surface area (Å²) in [6.45, 7) is 0.0409. The molecule has 2 aromatic carbocycles. The van der Waals surface area contributed by atoms with E-state index in [9.17, 15) is 4.39 Å². The lowest BCUT2D eigenvalue weighted by Gasteiger charge is -2.12. The summed E-state index contributed by atoms with van der Waals surface area (Å²) in [5.41, 5.74) is 6.80.